The van der Waals surface area contributed by atoms with Crippen LogP contribution in [0, 0.1) is 5.92 Å². The van der Waals surface area contributed by atoms with Gasteiger partial charge in [-0.25, -0.2) is 0 Å². The van der Waals surface area contributed by atoms with E-state index in [1.165, 1.54) is 0 Å². The van der Waals surface area contributed by atoms with Crippen molar-refractivity contribution in [2.45, 2.75) is 19.3 Å². The molecule has 1 saturated heterocycles. The van der Waals surface area contributed by atoms with E-state index >= 15 is 0 Å². The lowest BCUT2D eigenvalue weighted by Gasteiger charge is -2.32. The highest BCUT2D eigenvalue weighted by Gasteiger charge is 2.26. The first-order valence-electron chi connectivity index (χ1n) is 6.60. The van der Waals surface area contributed by atoms with E-state index < -0.39 is 0 Å². The van der Waals surface area contributed by atoms with Crippen LogP contribution < -0.4 is 5.73 Å². The number of likely N-dealkylation sites (tertiary alicyclic amines) is 1. The molecular weight excluding hydrogens is 278 g/mol. The number of carbonyl (C=O) groups excluding carboxylic acids is 1. The van der Waals surface area contributed by atoms with Crippen LogP contribution in [0.2, 0.25) is 5.02 Å². The Hall–Kier alpha value is -1.75. The smallest absolute Gasteiger partial charge is 0.227 e. The monoisotopic (exact) mass is 295 g/mol. The Morgan fingerprint density at radius 2 is 2.15 bits per heavy atom. The number of nitrogens with zero attached hydrogens (tertiary/aromatic N) is 2. The number of rotatable bonds is 3. The molecule has 0 aliphatic carbocycles. The molecule has 0 radical (unpaired) electrons. The predicted octanol–water partition coefficient (Wildman–Crippen LogP) is 1.87. The van der Waals surface area contributed by atoms with Crippen molar-refractivity contribution in [2.24, 2.45) is 16.8 Å². The average Bonchev–Trinajstić information content (AvgIpc) is 2.49. The number of benzene rings is 1. The first-order chi connectivity index (χ1) is 9.60. The van der Waals surface area contributed by atoms with Gasteiger partial charge in [0.15, 0.2) is 0 Å². The highest BCUT2D eigenvalue weighted by atomic mass is 35.5. The Labute approximate surface area is 123 Å². The van der Waals surface area contributed by atoms with Crippen LogP contribution in [0.4, 0.5) is 0 Å². The van der Waals surface area contributed by atoms with Crippen LogP contribution in [0.3, 0.4) is 0 Å². The normalized spacial score (nSPS) is 19.9. The molecule has 5 nitrogen and oxygen atoms in total. The Kier molecular flexibility index (Phi) is 4.84. The topological polar surface area (TPSA) is 78.9 Å². The lowest BCUT2D eigenvalue weighted by Crippen LogP contribution is -2.44. The summed E-state index contributed by atoms with van der Waals surface area (Å²) in [5.74, 6) is 0.208. The molecule has 1 fully saturated rings. The summed E-state index contributed by atoms with van der Waals surface area (Å²) >= 11 is 5.82. The Balaban J connectivity index is 1.96. The molecule has 6 heteroatoms. The third-order valence-corrected chi connectivity index (χ3v) is 3.83. The minimum atomic E-state index is -0.0529. The second-order valence-corrected chi connectivity index (χ2v) is 5.44. The second-order valence-electron chi connectivity index (χ2n) is 5.01. The van der Waals surface area contributed by atoms with Crippen LogP contribution in [0.25, 0.3) is 0 Å². The van der Waals surface area contributed by atoms with Gasteiger partial charge in [0.2, 0.25) is 5.91 Å². The van der Waals surface area contributed by atoms with Crippen LogP contribution in [-0.4, -0.2) is 34.9 Å². The number of halogens is 1. The number of oxime groups is 1. The number of amides is 1. The van der Waals surface area contributed by atoms with E-state index in [1.54, 1.807) is 17.0 Å². The van der Waals surface area contributed by atoms with Gasteiger partial charge >= 0.3 is 0 Å². The van der Waals surface area contributed by atoms with Gasteiger partial charge in [-0.3, -0.25) is 4.79 Å². The zero-order valence-corrected chi connectivity index (χ0v) is 11.9. The van der Waals surface area contributed by atoms with E-state index in [2.05, 4.69) is 5.16 Å². The molecule has 20 heavy (non-hydrogen) atoms. The fourth-order valence-corrected chi connectivity index (χ4v) is 2.54. The number of nitrogens with two attached hydrogens (primary N) is 1. The highest BCUT2D eigenvalue weighted by molar-refractivity contribution is 6.30. The van der Waals surface area contributed by atoms with E-state index in [1.807, 2.05) is 12.1 Å². The van der Waals surface area contributed by atoms with Gasteiger partial charge in [0.25, 0.3) is 0 Å². The minimum absolute atomic E-state index is 0.0529. The van der Waals surface area contributed by atoms with Crippen molar-refractivity contribution in [3.05, 3.63) is 34.9 Å². The molecule has 0 spiro atoms. The SMILES string of the molecule is NC(=NO)C1CCCN(C(=O)Cc2ccc(Cl)cc2)C1. The number of carbonyl (C=O) groups is 1. The maximum atomic E-state index is 12.3. The fourth-order valence-electron chi connectivity index (χ4n) is 2.42. The zero-order valence-electron chi connectivity index (χ0n) is 11.1. The minimum Gasteiger partial charge on any atom is -0.409 e. The summed E-state index contributed by atoms with van der Waals surface area (Å²) in [5, 5.41) is 12.4. The molecule has 0 bridgehead atoms. The van der Waals surface area contributed by atoms with Gasteiger partial charge in [-0.1, -0.05) is 28.9 Å². The maximum absolute atomic E-state index is 12.3. The van der Waals surface area contributed by atoms with Crippen molar-refractivity contribution in [3.8, 4) is 0 Å². The number of amidine groups is 1. The molecule has 2 rings (SSSR count). The third kappa shape index (κ3) is 3.63. The quantitative estimate of drug-likeness (QED) is 0.387. The highest BCUT2D eigenvalue weighted by Crippen LogP contribution is 2.18. The first kappa shape index (κ1) is 14.7. The molecule has 1 aromatic carbocycles. The van der Waals surface area contributed by atoms with E-state index in [-0.39, 0.29) is 17.7 Å². The number of piperidine rings is 1. The van der Waals surface area contributed by atoms with Crippen molar-refractivity contribution >= 4 is 23.3 Å². The van der Waals surface area contributed by atoms with Crippen molar-refractivity contribution < 1.29 is 10.0 Å². The van der Waals surface area contributed by atoms with Crippen LogP contribution in [0.5, 0.6) is 0 Å². The first-order valence-corrected chi connectivity index (χ1v) is 6.97. The van der Waals surface area contributed by atoms with Gasteiger partial charge in [0.05, 0.1) is 6.42 Å². The van der Waals surface area contributed by atoms with Gasteiger partial charge in [-0.2, -0.15) is 0 Å². The van der Waals surface area contributed by atoms with Crippen molar-refractivity contribution in [1.29, 1.82) is 0 Å². The number of hydrogen-bond donors (Lipinski definition) is 2. The Morgan fingerprint density at radius 1 is 1.45 bits per heavy atom. The summed E-state index contributed by atoms with van der Waals surface area (Å²) in [6.07, 6.45) is 2.06. The predicted molar refractivity (Wildman–Crippen MR) is 77.9 cm³/mol. The summed E-state index contributed by atoms with van der Waals surface area (Å²) in [4.78, 5) is 14.0. The van der Waals surface area contributed by atoms with E-state index in [9.17, 15) is 4.79 Å². The van der Waals surface area contributed by atoms with Crippen LogP contribution >= 0.6 is 11.6 Å². The Bertz CT molecular complexity index is 502. The van der Waals surface area contributed by atoms with Crippen molar-refractivity contribution in [1.82, 2.24) is 4.90 Å². The van der Waals surface area contributed by atoms with E-state index in [0.717, 1.165) is 24.9 Å². The lowest BCUT2D eigenvalue weighted by molar-refractivity contribution is -0.131. The van der Waals surface area contributed by atoms with E-state index in [0.29, 0.717) is 18.0 Å². The third-order valence-electron chi connectivity index (χ3n) is 3.58. The van der Waals surface area contributed by atoms with Gasteiger partial charge in [-0.05, 0) is 30.5 Å². The largest absolute Gasteiger partial charge is 0.409 e. The molecule has 1 unspecified atom stereocenters. The molecule has 0 saturated carbocycles. The molecule has 1 aromatic rings. The lowest BCUT2D eigenvalue weighted by atomic mass is 9.96. The van der Waals surface area contributed by atoms with Crippen molar-refractivity contribution in [3.63, 3.8) is 0 Å². The van der Waals surface area contributed by atoms with Crippen LogP contribution in [0.1, 0.15) is 18.4 Å². The Morgan fingerprint density at radius 3 is 2.80 bits per heavy atom. The molecule has 1 atom stereocenters. The molecule has 1 aliphatic heterocycles. The maximum Gasteiger partial charge on any atom is 0.227 e. The summed E-state index contributed by atoms with van der Waals surface area (Å²) < 4.78 is 0. The van der Waals surface area contributed by atoms with E-state index in [4.69, 9.17) is 22.5 Å². The molecule has 1 aliphatic rings. The number of hydrogen-bond acceptors (Lipinski definition) is 3. The fraction of sp³-hybridized carbons (Fsp3) is 0.429. The standard InChI is InChI=1S/C14H18ClN3O2/c15-12-5-3-10(4-6-12)8-13(19)18-7-1-2-11(9-18)14(16)17-20/h3-6,11,20H,1-2,7-9H2,(H2,16,17). The summed E-state index contributed by atoms with van der Waals surface area (Å²) in [6, 6.07) is 7.26. The van der Waals surface area contributed by atoms with Crippen LogP contribution in [-0.2, 0) is 11.2 Å². The molecule has 108 valence electrons. The molecule has 0 aromatic heterocycles. The summed E-state index contributed by atoms with van der Waals surface area (Å²) in [6.45, 7) is 1.24. The van der Waals surface area contributed by atoms with Gasteiger partial charge in [-0.15, -0.1) is 0 Å². The molecule has 3 N–H and O–H groups in total. The van der Waals surface area contributed by atoms with Gasteiger partial charge in [0, 0.05) is 24.0 Å². The van der Waals surface area contributed by atoms with Crippen molar-refractivity contribution in [2.75, 3.05) is 13.1 Å². The molecule has 1 amide bonds. The van der Waals surface area contributed by atoms with Crippen LogP contribution in [0.15, 0.2) is 29.4 Å². The summed E-state index contributed by atoms with van der Waals surface area (Å²) in [5.41, 5.74) is 6.56. The van der Waals surface area contributed by atoms with Gasteiger partial charge in [0.1, 0.15) is 5.84 Å². The second kappa shape index (κ2) is 6.61. The zero-order chi connectivity index (χ0) is 14.5. The van der Waals surface area contributed by atoms with Gasteiger partial charge < -0.3 is 15.8 Å². The average molecular weight is 296 g/mol. The summed E-state index contributed by atoms with van der Waals surface area (Å²) in [7, 11) is 0. The molecule has 1 heterocycles. The molecular formula is C14H18ClN3O2.